The summed E-state index contributed by atoms with van der Waals surface area (Å²) in [6, 6.07) is 6.99. The standard InChI is InChI=1S/C20H22ClN3O4/c1-20(2,3)28-19(25)22-12-6-7-24-11-15(23-18(24)8-12)13-9-14(21)17(27-5)10-16(13)26-4/h6-11H,1-5H3,(H,22,25). The molecular weight excluding hydrogens is 382 g/mol. The second kappa shape index (κ2) is 7.59. The normalized spacial score (nSPS) is 11.4. The molecule has 2 aromatic heterocycles. The van der Waals surface area contributed by atoms with E-state index < -0.39 is 11.7 Å². The summed E-state index contributed by atoms with van der Waals surface area (Å²) in [6.45, 7) is 5.43. The summed E-state index contributed by atoms with van der Waals surface area (Å²) >= 11 is 6.27. The van der Waals surface area contributed by atoms with Crippen LogP contribution in [0.3, 0.4) is 0 Å². The summed E-state index contributed by atoms with van der Waals surface area (Å²) in [6.07, 6.45) is 3.14. The number of methoxy groups -OCH3 is 2. The number of hydrogen-bond donors (Lipinski definition) is 1. The molecule has 1 amide bonds. The summed E-state index contributed by atoms with van der Waals surface area (Å²) in [5.41, 5.74) is 2.07. The van der Waals surface area contributed by atoms with Gasteiger partial charge in [-0.3, -0.25) is 5.32 Å². The first-order valence-electron chi connectivity index (χ1n) is 8.61. The second-order valence-electron chi connectivity index (χ2n) is 7.12. The van der Waals surface area contributed by atoms with Gasteiger partial charge in [-0.15, -0.1) is 0 Å². The van der Waals surface area contributed by atoms with Gasteiger partial charge in [-0.05, 0) is 32.9 Å². The number of fused-ring (bicyclic) bond motifs is 1. The molecule has 1 aromatic carbocycles. The van der Waals surface area contributed by atoms with Gasteiger partial charge < -0.3 is 18.6 Å². The number of aromatic nitrogens is 2. The van der Waals surface area contributed by atoms with Crippen LogP contribution in [0.5, 0.6) is 11.5 Å². The number of anilines is 1. The average molecular weight is 404 g/mol. The highest BCUT2D eigenvalue weighted by molar-refractivity contribution is 6.32. The molecule has 0 aliphatic carbocycles. The Morgan fingerprint density at radius 3 is 2.50 bits per heavy atom. The summed E-state index contributed by atoms with van der Waals surface area (Å²) < 4.78 is 17.8. The van der Waals surface area contributed by atoms with E-state index in [4.69, 9.17) is 25.8 Å². The number of hydrogen-bond acceptors (Lipinski definition) is 5. The van der Waals surface area contributed by atoms with Crippen LogP contribution in [0.15, 0.2) is 36.7 Å². The third-order valence-corrected chi connectivity index (χ3v) is 4.15. The van der Waals surface area contributed by atoms with Gasteiger partial charge in [0, 0.05) is 35.8 Å². The van der Waals surface area contributed by atoms with E-state index in [2.05, 4.69) is 10.3 Å². The number of ether oxygens (including phenoxy) is 3. The van der Waals surface area contributed by atoms with Crippen LogP contribution in [-0.2, 0) is 4.74 Å². The van der Waals surface area contributed by atoms with Crippen LogP contribution >= 0.6 is 11.6 Å². The maximum absolute atomic E-state index is 12.0. The Balaban J connectivity index is 1.93. The van der Waals surface area contributed by atoms with Gasteiger partial charge in [-0.2, -0.15) is 0 Å². The van der Waals surface area contributed by atoms with Crippen molar-refractivity contribution in [3.63, 3.8) is 0 Å². The minimum atomic E-state index is -0.571. The van der Waals surface area contributed by atoms with Crippen molar-refractivity contribution < 1.29 is 19.0 Å². The second-order valence-corrected chi connectivity index (χ2v) is 7.53. The zero-order valence-corrected chi connectivity index (χ0v) is 17.1. The van der Waals surface area contributed by atoms with Crippen molar-refractivity contribution in [2.24, 2.45) is 0 Å². The number of carbonyl (C=O) groups excluding carboxylic acids is 1. The highest BCUT2D eigenvalue weighted by Gasteiger charge is 2.17. The lowest BCUT2D eigenvalue weighted by Crippen LogP contribution is -2.27. The molecule has 0 fully saturated rings. The zero-order chi connectivity index (χ0) is 20.5. The van der Waals surface area contributed by atoms with Crippen LogP contribution in [0.25, 0.3) is 16.9 Å². The number of halogens is 1. The van der Waals surface area contributed by atoms with E-state index in [-0.39, 0.29) is 0 Å². The number of imidazole rings is 1. The molecule has 0 aliphatic rings. The first-order chi connectivity index (χ1) is 13.2. The van der Waals surface area contributed by atoms with Crippen molar-refractivity contribution >= 4 is 29.0 Å². The van der Waals surface area contributed by atoms with E-state index in [1.165, 1.54) is 0 Å². The Kier molecular flexibility index (Phi) is 5.38. The van der Waals surface area contributed by atoms with Crippen LogP contribution in [-0.4, -0.2) is 35.3 Å². The van der Waals surface area contributed by atoms with Gasteiger partial charge in [0.2, 0.25) is 0 Å². The molecule has 7 nitrogen and oxygen atoms in total. The third kappa shape index (κ3) is 4.31. The number of rotatable bonds is 4. The maximum Gasteiger partial charge on any atom is 0.412 e. The Hall–Kier alpha value is -2.93. The lowest BCUT2D eigenvalue weighted by atomic mass is 10.1. The summed E-state index contributed by atoms with van der Waals surface area (Å²) in [5, 5.41) is 3.17. The number of benzene rings is 1. The van der Waals surface area contributed by atoms with Crippen molar-refractivity contribution in [2.75, 3.05) is 19.5 Å². The average Bonchev–Trinajstić information content (AvgIpc) is 3.02. The fourth-order valence-electron chi connectivity index (χ4n) is 2.67. The van der Waals surface area contributed by atoms with Gasteiger partial charge in [0.25, 0.3) is 0 Å². The number of nitrogens with zero attached hydrogens (tertiary/aromatic N) is 2. The molecule has 0 saturated carbocycles. The Bertz CT molecular complexity index is 1020. The molecule has 0 aliphatic heterocycles. The molecule has 28 heavy (non-hydrogen) atoms. The van der Waals surface area contributed by atoms with Gasteiger partial charge >= 0.3 is 6.09 Å². The molecule has 3 aromatic rings. The molecule has 0 unspecified atom stereocenters. The van der Waals surface area contributed by atoms with Crippen LogP contribution in [0, 0.1) is 0 Å². The molecule has 2 heterocycles. The molecule has 0 spiro atoms. The first kappa shape index (κ1) is 19.8. The van der Waals surface area contributed by atoms with E-state index >= 15 is 0 Å². The van der Waals surface area contributed by atoms with Crippen LogP contribution in [0.2, 0.25) is 5.02 Å². The van der Waals surface area contributed by atoms with Gasteiger partial charge in [-0.1, -0.05) is 11.6 Å². The highest BCUT2D eigenvalue weighted by Crippen LogP contribution is 2.38. The first-order valence-corrected chi connectivity index (χ1v) is 8.98. The van der Waals surface area contributed by atoms with Crippen molar-refractivity contribution in [3.8, 4) is 22.8 Å². The minimum Gasteiger partial charge on any atom is -0.496 e. The summed E-state index contributed by atoms with van der Waals surface area (Å²) in [7, 11) is 3.12. The number of amides is 1. The lowest BCUT2D eigenvalue weighted by Gasteiger charge is -2.19. The van der Waals surface area contributed by atoms with Crippen molar-refractivity contribution in [3.05, 3.63) is 41.7 Å². The van der Waals surface area contributed by atoms with Crippen molar-refractivity contribution in [1.82, 2.24) is 9.38 Å². The monoisotopic (exact) mass is 403 g/mol. The zero-order valence-electron chi connectivity index (χ0n) is 16.4. The highest BCUT2D eigenvalue weighted by atomic mass is 35.5. The van der Waals surface area contributed by atoms with Crippen LogP contribution < -0.4 is 14.8 Å². The SMILES string of the molecule is COc1cc(OC)c(-c2cn3ccc(NC(=O)OC(C)(C)C)cc3n2)cc1Cl. The quantitative estimate of drug-likeness (QED) is 0.662. The van der Waals surface area contributed by atoms with Gasteiger partial charge in [0.05, 0.1) is 24.9 Å². The van der Waals surface area contributed by atoms with Crippen LogP contribution in [0.1, 0.15) is 20.8 Å². The van der Waals surface area contributed by atoms with E-state index in [0.717, 1.165) is 5.56 Å². The maximum atomic E-state index is 12.0. The Morgan fingerprint density at radius 2 is 1.86 bits per heavy atom. The van der Waals surface area contributed by atoms with Crippen molar-refractivity contribution in [2.45, 2.75) is 26.4 Å². The molecule has 1 N–H and O–H groups in total. The topological polar surface area (TPSA) is 74.1 Å². The number of pyridine rings is 1. The van der Waals surface area contributed by atoms with E-state index in [1.54, 1.807) is 44.7 Å². The minimum absolute atomic E-state index is 0.461. The van der Waals surface area contributed by atoms with Crippen LogP contribution in [0.4, 0.5) is 10.5 Å². The summed E-state index contributed by atoms with van der Waals surface area (Å²) in [4.78, 5) is 16.6. The van der Waals surface area contributed by atoms with Gasteiger partial charge in [0.1, 0.15) is 22.7 Å². The molecular formula is C20H22ClN3O4. The fourth-order valence-corrected chi connectivity index (χ4v) is 2.91. The Morgan fingerprint density at radius 1 is 1.14 bits per heavy atom. The van der Waals surface area contributed by atoms with Crippen molar-refractivity contribution in [1.29, 1.82) is 0 Å². The number of carbonyl (C=O) groups is 1. The largest absolute Gasteiger partial charge is 0.496 e. The van der Waals surface area contributed by atoms with Gasteiger partial charge in [-0.25, -0.2) is 9.78 Å². The molecule has 3 rings (SSSR count). The summed E-state index contributed by atoms with van der Waals surface area (Å²) in [5.74, 6) is 1.12. The molecule has 0 saturated heterocycles. The molecule has 0 atom stereocenters. The van der Waals surface area contributed by atoms with E-state index in [0.29, 0.717) is 33.6 Å². The number of nitrogens with one attached hydrogen (secondary N) is 1. The van der Waals surface area contributed by atoms with Gasteiger partial charge in [0.15, 0.2) is 0 Å². The fraction of sp³-hybridized carbons (Fsp3) is 0.300. The Labute approximate surface area is 168 Å². The molecule has 8 heteroatoms. The smallest absolute Gasteiger partial charge is 0.412 e. The molecule has 0 bridgehead atoms. The third-order valence-electron chi connectivity index (χ3n) is 3.86. The molecule has 148 valence electrons. The van der Waals surface area contributed by atoms with E-state index in [1.807, 2.05) is 31.4 Å². The predicted octanol–water partition coefficient (Wildman–Crippen LogP) is 5.02. The predicted molar refractivity (Wildman–Crippen MR) is 109 cm³/mol. The molecule has 0 radical (unpaired) electrons. The lowest BCUT2D eigenvalue weighted by molar-refractivity contribution is 0.0636. The van der Waals surface area contributed by atoms with E-state index in [9.17, 15) is 4.79 Å².